The summed E-state index contributed by atoms with van der Waals surface area (Å²) in [5, 5.41) is 67.7. The first-order valence-electron chi connectivity index (χ1n) is 13.4. The molecule has 1 aliphatic heterocycles. The second kappa shape index (κ2) is 8.24. The molecular weight excluding hydrogens is 548 g/mol. The van der Waals surface area contributed by atoms with Gasteiger partial charge in [-0.25, -0.2) is 4.79 Å². The van der Waals surface area contributed by atoms with Crippen LogP contribution in [-0.2, 0) is 25.5 Å². The number of aliphatic hydroxyl groups is 4. The number of aliphatic hydroxyl groups excluding tert-OH is 4. The Balaban J connectivity index is 1.50. The molecule has 1 spiro atoms. The first-order chi connectivity index (χ1) is 19.9. The number of aryl methyl sites for hydroxylation is 1. The van der Waals surface area contributed by atoms with Crippen molar-refractivity contribution in [3.05, 3.63) is 74.9 Å². The maximum atomic E-state index is 14.0. The number of carbonyl (C=O) groups is 3. The summed E-state index contributed by atoms with van der Waals surface area (Å²) in [5.74, 6) is -6.03. The average molecular weight is 575 g/mol. The largest absolute Gasteiger partial charge is 0.507 e. The van der Waals surface area contributed by atoms with E-state index in [9.17, 15) is 45.0 Å². The van der Waals surface area contributed by atoms with Gasteiger partial charge in [-0.05, 0) is 48.6 Å². The van der Waals surface area contributed by atoms with Crippen molar-refractivity contribution < 1.29 is 54.5 Å². The summed E-state index contributed by atoms with van der Waals surface area (Å²) in [6, 6.07) is 4.40. The molecule has 8 rings (SSSR count). The maximum absolute atomic E-state index is 14.0. The summed E-state index contributed by atoms with van der Waals surface area (Å²) in [7, 11) is 1.04. The maximum Gasteiger partial charge on any atom is 0.358 e. The number of hydrogen-bond acceptors (Lipinski definition) is 11. The number of aromatic hydroxyl groups is 2. The molecule has 42 heavy (non-hydrogen) atoms. The van der Waals surface area contributed by atoms with E-state index in [4.69, 9.17) is 9.47 Å². The number of esters is 1. The quantitative estimate of drug-likeness (QED) is 0.217. The molecule has 2 aromatic rings. The van der Waals surface area contributed by atoms with Crippen LogP contribution in [0.15, 0.2) is 41.5 Å². The molecule has 1 saturated carbocycles. The third kappa shape index (κ3) is 2.89. The number of carbonyl (C=O) groups excluding carboxylic acids is 3. The number of fused-ring (bicyclic) bond motifs is 3. The second-order valence-corrected chi connectivity index (χ2v) is 11.5. The van der Waals surface area contributed by atoms with Gasteiger partial charge in [-0.3, -0.25) is 9.59 Å². The molecule has 2 aromatic carbocycles. The third-order valence-electron chi connectivity index (χ3n) is 9.31. The topological polar surface area (TPSA) is 191 Å². The lowest BCUT2D eigenvalue weighted by molar-refractivity contribution is -0.169. The Morgan fingerprint density at radius 1 is 1.02 bits per heavy atom. The van der Waals surface area contributed by atoms with Crippen molar-refractivity contribution in [3.8, 4) is 17.2 Å². The molecule has 0 saturated heterocycles. The van der Waals surface area contributed by atoms with Crippen LogP contribution in [0.2, 0.25) is 0 Å². The Labute approximate surface area is 238 Å². The SMILES string of the molecule is COC(=O)[C@]12Oc3cc4c(c(O)c3C(O)=C1C(=O)CC[C@@H]2O)[C@@H]1C=C[C@]2(C4)C(=C(O)c3c(O)cc(C)cc3[C@@H]2O)C1=O. The van der Waals surface area contributed by atoms with Crippen molar-refractivity contribution in [2.75, 3.05) is 7.11 Å². The van der Waals surface area contributed by atoms with Gasteiger partial charge in [0, 0.05) is 12.0 Å². The summed E-state index contributed by atoms with van der Waals surface area (Å²) < 4.78 is 10.9. The second-order valence-electron chi connectivity index (χ2n) is 11.5. The molecule has 0 aromatic heterocycles. The minimum Gasteiger partial charge on any atom is -0.507 e. The minimum absolute atomic E-state index is 0.0575. The van der Waals surface area contributed by atoms with Gasteiger partial charge in [0.15, 0.2) is 11.6 Å². The highest BCUT2D eigenvalue weighted by atomic mass is 16.6. The van der Waals surface area contributed by atoms with Gasteiger partial charge in [0.2, 0.25) is 0 Å². The number of phenolic OH excluding ortho intramolecular Hbond substituents is 2. The van der Waals surface area contributed by atoms with Crippen molar-refractivity contribution >= 4 is 29.1 Å². The molecule has 0 amide bonds. The zero-order valence-corrected chi connectivity index (χ0v) is 22.5. The number of phenols is 2. The van der Waals surface area contributed by atoms with Crippen LogP contribution in [0.4, 0.5) is 0 Å². The van der Waals surface area contributed by atoms with Crippen LogP contribution in [0, 0.1) is 12.3 Å². The van der Waals surface area contributed by atoms with E-state index in [1.165, 1.54) is 18.2 Å². The van der Waals surface area contributed by atoms with E-state index in [0.717, 1.165) is 7.11 Å². The van der Waals surface area contributed by atoms with E-state index in [2.05, 4.69) is 0 Å². The van der Waals surface area contributed by atoms with E-state index >= 15 is 0 Å². The first kappa shape index (κ1) is 26.3. The highest BCUT2D eigenvalue weighted by Crippen LogP contribution is 2.62. The van der Waals surface area contributed by atoms with Crippen LogP contribution in [0.5, 0.6) is 17.2 Å². The summed E-state index contributed by atoms with van der Waals surface area (Å²) in [6.45, 7) is 1.71. The Kier molecular flexibility index (Phi) is 5.16. The molecule has 5 aliphatic carbocycles. The van der Waals surface area contributed by atoms with Crippen LogP contribution in [0.1, 0.15) is 58.2 Å². The lowest BCUT2D eigenvalue weighted by Gasteiger charge is -2.43. The van der Waals surface area contributed by atoms with Crippen LogP contribution >= 0.6 is 0 Å². The van der Waals surface area contributed by atoms with Crippen molar-refractivity contribution in [1.82, 2.24) is 0 Å². The number of benzene rings is 2. The molecule has 1 fully saturated rings. The van der Waals surface area contributed by atoms with Gasteiger partial charge in [0.25, 0.3) is 5.60 Å². The highest BCUT2D eigenvalue weighted by Gasteiger charge is 2.62. The van der Waals surface area contributed by atoms with E-state index in [1.54, 1.807) is 19.1 Å². The zero-order valence-electron chi connectivity index (χ0n) is 22.5. The highest BCUT2D eigenvalue weighted by molar-refractivity contribution is 6.14. The van der Waals surface area contributed by atoms with Crippen LogP contribution in [0.3, 0.4) is 0 Å². The van der Waals surface area contributed by atoms with Crippen molar-refractivity contribution in [2.24, 2.45) is 5.41 Å². The normalized spacial score (nSPS) is 30.5. The standard InChI is InChI=1S/C31H26O11/c1-11-7-14-20(16(33)8-11)26(37)23-24(35)13-5-6-30(23,28(14)39)10-12-9-17-21(25(36)19(12)13)27(38)22-15(32)3-4-18(34)31(22,42-17)29(40)41-2/h5-9,13,18,28,33-34,36-39H,3-4,10H2,1-2H3/t13-,18-,28-,30-,31+/m0/s1. The molecule has 0 unspecified atom stereocenters. The van der Waals surface area contributed by atoms with E-state index in [-0.39, 0.29) is 58.6 Å². The summed E-state index contributed by atoms with van der Waals surface area (Å²) in [6.07, 6.45) is -0.341. The smallest absolute Gasteiger partial charge is 0.358 e. The van der Waals surface area contributed by atoms with Gasteiger partial charge in [-0.2, -0.15) is 0 Å². The lowest BCUT2D eigenvalue weighted by atomic mass is 9.61. The van der Waals surface area contributed by atoms with Gasteiger partial charge in [0.05, 0.1) is 41.3 Å². The Morgan fingerprint density at radius 2 is 1.74 bits per heavy atom. The molecule has 0 radical (unpaired) electrons. The third-order valence-corrected chi connectivity index (χ3v) is 9.31. The fourth-order valence-electron chi connectivity index (χ4n) is 7.49. The number of rotatable bonds is 1. The Morgan fingerprint density at radius 3 is 2.45 bits per heavy atom. The van der Waals surface area contributed by atoms with Gasteiger partial charge < -0.3 is 40.1 Å². The molecule has 2 bridgehead atoms. The first-order valence-corrected chi connectivity index (χ1v) is 13.4. The predicted molar refractivity (Wildman–Crippen MR) is 144 cm³/mol. The number of methoxy groups -OCH3 is 1. The molecule has 6 N–H and O–H groups in total. The van der Waals surface area contributed by atoms with E-state index in [1.807, 2.05) is 0 Å². The molecule has 216 valence electrons. The van der Waals surface area contributed by atoms with Crippen molar-refractivity contribution in [2.45, 2.75) is 49.9 Å². The monoisotopic (exact) mass is 574 g/mol. The van der Waals surface area contributed by atoms with Crippen LogP contribution in [-0.4, -0.2) is 67.0 Å². The molecule has 6 aliphatic rings. The number of Topliss-reactive ketones (excluding diaryl/α,β-unsaturated/α-hetero) is 2. The fraction of sp³-hybridized carbons (Fsp3) is 0.323. The van der Waals surface area contributed by atoms with Gasteiger partial charge in [0.1, 0.15) is 40.4 Å². The molecule has 5 atom stereocenters. The van der Waals surface area contributed by atoms with Crippen molar-refractivity contribution in [1.29, 1.82) is 0 Å². The molecule has 11 heteroatoms. The lowest BCUT2D eigenvalue weighted by Crippen LogP contribution is -2.61. The fourth-order valence-corrected chi connectivity index (χ4v) is 7.49. The average Bonchev–Trinajstić information content (AvgIpc) is 3.16. The van der Waals surface area contributed by atoms with Gasteiger partial charge in [-0.15, -0.1) is 0 Å². The van der Waals surface area contributed by atoms with Gasteiger partial charge >= 0.3 is 5.97 Å². The molecule has 11 nitrogen and oxygen atoms in total. The zero-order chi connectivity index (χ0) is 30.0. The number of hydrogen-bond donors (Lipinski definition) is 6. The number of ketones is 2. The summed E-state index contributed by atoms with van der Waals surface area (Å²) in [5.41, 5.74) is -3.81. The van der Waals surface area contributed by atoms with Gasteiger partial charge in [-0.1, -0.05) is 18.2 Å². The Hall–Kier alpha value is -4.61. The van der Waals surface area contributed by atoms with Crippen LogP contribution < -0.4 is 4.74 Å². The van der Waals surface area contributed by atoms with E-state index in [0.29, 0.717) is 11.1 Å². The predicted octanol–water partition coefficient (Wildman–Crippen LogP) is 2.48. The Bertz CT molecular complexity index is 1780. The number of ether oxygens (including phenoxy) is 2. The van der Waals surface area contributed by atoms with Crippen LogP contribution in [0.25, 0.3) is 11.5 Å². The number of allylic oxidation sites excluding steroid dienone is 1. The van der Waals surface area contributed by atoms with Crippen molar-refractivity contribution in [3.63, 3.8) is 0 Å². The molecular formula is C31H26O11. The summed E-state index contributed by atoms with van der Waals surface area (Å²) in [4.78, 5) is 40.1. The molecule has 1 heterocycles. The summed E-state index contributed by atoms with van der Waals surface area (Å²) >= 11 is 0. The van der Waals surface area contributed by atoms with E-state index < -0.39 is 69.5 Å². The minimum atomic E-state index is -2.39.